The lowest BCUT2D eigenvalue weighted by atomic mass is 10.1. The minimum absolute atomic E-state index is 0.0731. The lowest BCUT2D eigenvalue weighted by Gasteiger charge is -2.18. The average molecular weight is 263 g/mol. The van der Waals surface area contributed by atoms with Crippen molar-refractivity contribution in [2.24, 2.45) is 0 Å². The van der Waals surface area contributed by atoms with Crippen LogP contribution in [0.25, 0.3) is 10.9 Å². The molecule has 0 aliphatic carbocycles. The van der Waals surface area contributed by atoms with Gasteiger partial charge in [-0.1, -0.05) is 0 Å². The van der Waals surface area contributed by atoms with E-state index in [-0.39, 0.29) is 10.6 Å². The molecule has 0 aliphatic rings. The van der Waals surface area contributed by atoms with Crippen LogP contribution in [-0.2, 0) is 11.2 Å². The normalized spacial score (nSPS) is 11.8. The fourth-order valence-corrected chi connectivity index (χ4v) is 1.99. The van der Waals surface area contributed by atoms with Crippen LogP contribution in [0.1, 0.15) is 12.5 Å². The van der Waals surface area contributed by atoms with Gasteiger partial charge in [0.05, 0.1) is 14.1 Å². The zero-order valence-electron chi connectivity index (χ0n) is 11.4. The van der Waals surface area contributed by atoms with Gasteiger partial charge in [0, 0.05) is 30.4 Å². The number of aromatic nitrogens is 1. The third-order valence-corrected chi connectivity index (χ3v) is 2.93. The number of quaternary nitrogens is 1. The second kappa shape index (κ2) is 5.03. The summed E-state index contributed by atoms with van der Waals surface area (Å²) in [7, 11) is 3.47. The van der Waals surface area contributed by atoms with E-state index in [4.69, 9.17) is 4.74 Å². The van der Waals surface area contributed by atoms with Crippen LogP contribution < -0.4 is 4.74 Å². The number of fused-ring (bicyclic) bond motifs is 1. The van der Waals surface area contributed by atoms with Crippen molar-refractivity contribution in [2.75, 3.05) is 20.6 Å². The summed E-state index contributed by atoms with van der Waals surface area (Å²) in [5, 5.41) is 10.7. The third-order valence-electron chi connectivity index (χ3n) is 2.93. The van der Waals surface area contributed by atoms with Gasteiger partial charge in [0.1, 0.15) is 12.3 Å². The maximum atomic E-state index is 11.0. The first-order valence-electron chi connectivity index (χ1n) is 6.19. The van der Waals surface area contributed by atoms with Crippen LogP contribution in [0.3, 0.4) is 0 Å². The van der Waals surface area contributed by atoms with Gasteiger partial charge in [0.25, 0.3) is 0 Å². The molecule has 102 valence electrons. The van der Waals surface area contributed by atoms with Crippen molar-refractivity contribution < 1.29 is 19.4 Å². The number of benzene rings is 1. The van der Waals surface area contributed by atoms with Gasteiger partial charge in [-0.15, -0.1) is 0 Å². The zero-order valence-corrected chi connectivity index (χ0v) is 11.4. The number of ether oxygens (including phenoxy) is 1. The van der Waals surface area contributed by atoms with Crippen LogP contribution in [0.15, 0.2) is 24.4 Å². The second-order valence-electron chi connectivity index (χ2n) is 5.21. The molecule has 0 amide bonds. The van der Waals surface area contributed by atoms with Crippen LogP contribution in [0.4, 0.5) is 0 Å². The molecule has 1 aromatic heterocycles. The largest absolute Gasteiger partial charge is 0.427 e. The first-order valence-corrected chi connectivity index (χ1v) is 6.19. The molecule has 0 spiro atoms. The van der Waals surface area contributed by atoms with Crippen LogP contribution in [-0.4, -0.2) is 41.4 Å². The second-order valence-corrected chi connectivity index (χ2v) is 5.21. The highest BCUT2D eigenvalue weighted by atomic mass is 16.5. The number of likely N-dealkylation sites (N-methyl/N-ethyl adjacent to an activating group) is 1. The Kier molecular flexibility index (Phi) is 3.59. The van der Waals surface area contributed by atoms with Gasteiger partial charge in [0.15, 0.2) is 0 Å². The number of nitrogens with one attached hydrogen (secondary N) is 1. The van der Waals surface area contributed by atoms with Gasteiger partial charge in [-0.3, -0.25) is 4.79 Å². The molecule has 1 aromatic carbocycles. The topological polar surface area (TPSA) is 62.3 Å². The summed E-state index contributed by atoms with van der Waals surface area (Å²) < 4.78 is 5.01. The smallest absolute Gasteiger partial charge is 0.308 e. The molecule has 0 aliphatic heterocycles. The number of H-pyrrole nitrogens is 1. The van der Waals surface area contributed by atoms with Crippen LogP contribution in [0, 0.1) is 0 Å². The monoisotopic (exact) mass is 263 g/mol. The van der Waals surface area contributed by atoms with Crippen molar-refractivity contribution >= 4 is 16.9 Å². The molecular weight excluding hydrogens is 244 g/mol. The number of hydroxylamine groups is 3. The van der Waals surface area contributed by atoms with E-state index in [0.717, 1.165) is 22.9 Å². The molecule has 0 unspecified atom stereocenters. The maximum Gasteiger partial charge on any atom is 0.308 e. The number of carbonyl (C=O) groups excluding carboxylic acids is 1. The van der Waals surface area contributed by atoms with Crippen molar-refractivity contribution in [2.45, 2.75) is 13.3 Å². The molecule has 0 radical (unpaired) electrons. The summed E-state index contributed by atoms with van der Waals surface area (Å²) in [6.07, 6.45) is 2.67. The molecule has 2 N–H and O–H groups in total. The quantitative estimate of drug-likeness (QED) is 0.384. The Morgan fingerprint density at radius 2 is 2.16 bits per heavy atom. The molecule has 2 rings (SSSR count). The van der Waals surface area contributed by atoms with Crippen molar-refractivity contribution in [1.82, 2.24) is 4.98 Å². The molecule has 0 saturated carbocycles. The minimum Gasteiger partial charge on any atom is -0.427 e. The van der Waals surface area contributed by atoms with E-state index >= 15 is 0 Å². The van der Waals surface area contributed by atoms with E-state index in [1.165, 1.54) is 6.92 Å². The first kappa shape index (κ1) is 13.6. The van der Waals surface area contributed by atoms with Crippen LogP contribution in [0.5, 0.6) is 5.75 Å². The molecule has 5 nitrogen and oxygen atoms in total. The Morgan fingerprint density at radius 3 is 2.79 bits per heavy atom. The fraction of sp³-hybridized carbons (Fsp3) is 0.357. The molecular formula is C14H19N2O3+. The predicted octanol–water partition coefficient (Wildman–Crippen LogP) is 2.10. The standard InChI is InChI=1S/C14H19N2O3/c1-10(17)19-12-4-5-14-13(8-12)11(9-15-14)6-7-16(2,3)18/h4-5,8-9,15,18H,6-7H2,1-3H3/q+1. The average Bonchev–Trinajstić information content (AvgIpc) is 2.67. The number of hydrogen-bond acceptors (Lipinski definition) is 3. The molecule has 19 heavy (non-hydrogen) atoms. The highest BCUT2D eigenvalue weighted by Crippen LogP contribution is 2.24. The van der Waals surface area contributed by atoms with Gasteiger partial charge < -0.3 is 9.72 Å². The Hall–Kier alpha value is -1.85. The Balaban J connectivity index is 2.26. The van der Waals surface area contributed by atoms with Gasteiger partial charge in [0.2, 0.25) is 0 Å². The van der Waals surface area contributed by atoms with Crippen LogP contribution in [0.2, 0.25) is 0 Å². The third kappa shape index (κ3) is 3.56. The number of hydrogen-bond donors (Lipinski definition) is 2. The molecule has 5 heteroatoms. The molecule has 0 saturated heterocycles. The molecule has 0 bridgehead atoms. The highest BCUT2D eigenvalue weighted by Gasteiger charge is 2.13. The van der Waals surface area contributed by atoms with E-state index in [2.05, 4.69) is 4.98 Å². The van der Waals surface area contributed by atoms with Crippen molar-refractivity contribution in [3.63, 3.8) is 0 Å². The highest BCUT2D eigenvalue weighted by molar-refractivity contribution is 5.85. The van der Waals surface area contributed by atoms with E-state index in [0.29, 0.717) is 12.3 Å². The van der Waals surface area contributed by atoms with Gasteiger partial charge in [-0.25, -0.2) is 5.21 Å². The summed E-state index contributed by atoms with van der Waals surface area (Å²) >= 11 is 0. The Labute approximate surface area is 112 Å². The minimum atomic E-state index is -0.329. The fourth-order valence-electron chi connectivity index (χ4n) is 1.99. The SMILES string of the molecule is CC(=O)Oc1ccc2[nH]cc(CC[N+](C)(C)O)c2c1. The Morgan fingerprint density at radius 1 is 1.42 bits per heavy atom. The number of rotatable bonds is 4. The lowest BCUT2D eigenvalue weighted by molar-refractivity contribution is -1.07. The van der Waals surface area contributed by atoms with Crippen molar-refractivity contribution in [1.29, 1.82) is 0 Å². The summed E-state index contributed by atoms with van der Waals surface area (Å²) in [5.41, 5.74) is 2.10. The van der Waals surface area contributed by atoms with Crippen molar-refractivity contribution in [3.05, 3.63) is 30.0 Å². The lowest BCUT2D eigenvalue weighted by Crippen LogP contribution is -2.37. The van der Waals surface area contributed by atoms with E-state index in [1.807, 2.05) is 18.3 Å². The van der Waals surface area contributed by atoms with E-state index < -0.39 is 0 Å². The molecule has 0 fully saturated rings. The summed E-state index contributed by atoms with van der Waals surface area (Å²) in [4.78, 5) is 14.1. The molecule has 1 heterocycles. The Bertz CT molecular complexity index is 596. The molecule has 2 aromatic rings. The summed E-state index contributed by atoms with van der Waals surface area (Å²) in [5.74, 6) is 0.211. The van der Waals surface area contributed by atoms with Gasteiger partial charge >= 0.3 is 5.97 Å². The first-order chi connectivity index (χ1) is 8.85. The van der Waals surface area contributed by atoms with E-state index in [1.54, 1.807) is 20.2 Å². The summed E-state index contributed by atoms with van der Waals surface area (Å²) in [6.45, 7) is 2.00. The predicted molar refractivity (Wildman–Crippen MR) is 72.1 cm³/mol. The molecule has 0 atom stereocenters. The number of aromatic amines is 1. The maximum absolute atomic E-state index is 11.0. The van der Waals surface area contributed by atoms with Crippen LogP contribution >= 0.6 is 0 Å². The number of carbonyl (C=O) groups is 1. The summed E-state index contributed by atoms with van der Waals surface area (Å²) in [6, 6.07) is 5.49. The van der Waals surface area contributed by atoms with Gasteiger partial charge in [-0.05, 0) is 23.8 Å². The zero-order chi connectivity index (χ0) is 14.0. The van der Waals surface area contributed by atoms with Gasteiger partial charge in [-0.2, -0.15) is 4.65 Å². The number of nitrogens with zero attached hydrogens (tertiary/aromatic N) is 1. The number of esters is 1. The van der Waals surface area contributed by atoms with E-state index in [9.17, 15) is 10.0 Å². The van der Waals surface area contributed by atoms with Crippen molar-refractivity contribution in [3.8, 4) is 5.75 Å².